The lowest BCUT2D eigenvalue weighted by molar-refractivity contribution is 0.0600. The molecule has 0 saturated heterocycles. The van der Waals surface area contributed by atoms with E-state index in [1.807, 2.05) is 352 Å². The maximum Gasteiger partial charge on any atom is 0.338 e. The van der Waals surface area contributed by atoms with Gasteiger partial charge in [-0.15, -0.1) is 15.3 Å². The molecule has 11 aromatic carbocycles. The van der Waals surface area contributed by atoms with Crippen LogP contribution < -0.4 is 37.9 Å². The van der Waals surface area contributed by atoms with Crippen LogP contribution >= 0.6 is 0 Å². The Morgan fingerprint density at radius 2 is 0.646 bits per heavy atom. The average molecular weight is 1710 g/mol. The van der Waals surface area contributed by atoms with E-state index in [1.165, 1.54) is 7.11 Å². The summed E-state index contributed by atoms with van der Waals surface area (Å²) in [5.41, 5.74) is 18.1. The fourth-order valence-electron chi connectivity index (χ4n) is 14.1. The SMILES string of the molecule is CC(C)Oc1ccc(-c2cc3c(cc2C(=O)O)nnn3-c2ccc(OC(C)C)cc2)cc1.CC(C)Oc1ccc(-c2cc3c(cc2CO)nnn3-c2ccc(OC(C)C)cc2)cc1.CC(C)Oc1ccc(-c2cn3c(-c4ccc(OC(C)C)cc4)cnc3cc2C#N)cc1.COC(=O)c1cc2nnn(-c3ccc(OC(C)C)cc3)c2cc1-c1ccc(OC(C)C)cc1. The average Bonchev–Trinajstić information content (AvgIpc) is 1.68. The zero-order valence-electron chi connectivity index (χ0n) is 74.2. The first-order valence-electron chi connectivity index (χ1n) is 42.2. The van der Waals surface area contributed by atoms with Gasteiger partial charge in [0.05, 0.1) is 131 Å². The van der Waals surface area contributed by atoms with Gasteiger partial charge in [-0.1, -0.05) is 64.2 Å². The molecule has 25 heteroatoms. The van der Waals surface area contributed by atoms with Crippen molar-refractivity contribution >= 4 is 50.7 Å². The predicted molar refractivity (Wildman–Crippen MR) is 494 cm³/mol. The van der Waals surface area contributed by atoms with Gasteiger partial charge < -0.3 is 52.8 Å². The number of benzene rings is 11. The minimum atomic E-state index is -1.02. The van der Waals surface area contributed by atoms with Crippen molar-refractivity contribution in [2.45, 2.75) is 166 Å². The number of ether oxygens (including phenoxy) is 9. The Morgan fingerprint density at radius 3 is 0.953 bits per heavy atom. The summed E-state index contributed by atoms with van der Waals surface area (Å²) in [5.74, 6) is 4.89. The number of hydrogen-bond donors (Lipinski definition) is 2. The van der Waals surface area contributed by atoms with Gasteiger partial charge in [-0.05, 0) is 343 Å². The van der Waals surface area contributed by atoms with Crippen LogP contribution in [0.15, 0.2) is 249 Å². The van der Waals surface area contributed by atoms with Crippen LogP contribution in [-0.4, -0.2) is 132 Å². The van der Waals surface area contributed by atoms with Crippen LogP contribution in [0, 0.1) is 11.3 Å². The van der Waals surface area contributed by atoms with E-state index in [2.05, 4.69) is 42.0 Å². The summed E-state index contributed by atoms with van der Waals surface area (Å²) in [6.45, 7) is 31.7. The number of methoxy groups -OCH3 is 1. The second-order valence-corrected chi connectivity index (χ2v) is 32.3. The van der Waals surface area contributed by atoms with Gasteiger partial charge in [0.15, 0.2) is 0 Å². The number of aliphatic hydroxyl groups excluding tert-OH is 1. The van der Waals surface area contributed by atoms with Gasteiger partial charge in [0.1, 0.15) is 68.2 Å². The zero-order chi connectivity index (χ0) is 90.3. The predicted octanol–water partition coefficient (Wildman–Crippen LogP) is 22.1. The minimum Gasteiger partial charge on any atom is -0.491 e. The number of pyridine rings is 1. The number of imidazole rings is 1. The molecule has 0 unspecified atom stereocenters. The number of esters is 1. The highest BCUT2D eigenvalue weighted by Gasteiger charge is 2.23. The molecule has 5 heterocycles. The fraction of sp³-hybridized carbons (Fsp3) is 0.255. The maximum absolute atomic E-state index is 12.6. The highest BCUT2D eigenvalue weighted by atomic mass is 16.5. The van der Waals surface area contributed by atoms with Gasteiger partial charge in [-0.3, -0.25) is 4.40 Å². The van der Waals surface area contributed by atoms with E-state index in [9.17, 15) is 25.1 Å². The Balaban J connectivity index is 0.000000145. The normalized spacial score (nSPS) is 11.3. The van der Waals surface area contributed by atoms with Crippen LogP contribution in [0.2, 0.25) is 0 Å². The van der Waals surface area contributed by atoms with Gasteiger partial charge in [0.2, 0.25) is 0 Å². The Labute approximate surface area is 738 Å². The van der Waals surface area contributed by atoms with Gasteiger partial charge in [-0.2, -0.15) is 5.26 Å². The van der Waals surface area contributed by atoms with E-state index in [4.69, 9.17) is 42.6 Å². The smallest absolute Gasteiger partial charge is 0.338 e. The van der Waals surface area contributed by atoms with Gasteiger partial charge >= 0.3 is 11.9 Å². The summed E-state index contributed by atoms with van der Waals surface area (Å²) in [4.78, 5) is 29.0. The molecule has 127 heavy (non-hydrogen) atoms. The molecule has 0 saturated carbocycles. The molecule has 650 valence electrons. The Bertz CT molecular complexity index is 6470. The quantitative estimate of drug-likeness (QED) is 0.0452. The Hall–Kier alpha value is -14.9. The number of hydrogen-bond acceptors (Lipinski definition) is 20. The molecule has 16 rings (SSSR count). The third-order valence-electron chi connectivity index (χ3n) is 19.4. The lowest BCUT2D eigenvalue weighted by Crippen LogP contribution is -2.06. The van der Waals surface area contributed by atoms with Crippen LogP contribution in [-0.2, 0) is 11.3 Å². The Morgan fingerprint density at radius 1 is 0.362 bits per heavy atom. The van der Waals surface area contributed by atoms with Crippen LogP contribution in [0.1, 0.15) is 143 Å². The fourth-order valence-corrected chi connectivity index (χ4v) is 14.1. The van der Waals surface area contributed by atoms with E-state index in [0.717, 1.165) is 141 Å². The van der Waals surface area contributed by atoms with Crippen molar-refractivity contribution in [1.29, 1.82) is 5.26 Å². The number of carboxylic acids is 1. The molecule has 5 aromatic heterocycles. The van der Waals surface area contributed by atoms with Crippen LogP contribution in [0.25, 0.3) is 112 Å². The van der Waals surface area contributed by atoms with Crippen molar-refractivity contribution in [1.82, 2.24) is 54.4 Å². The lowest BCUT2D eigenvalue weighted by atomic mass is 9.98. The second kappa shape index (κ2) is 40.6. The molecule has 0 atom stereocenters. The first-order valence-corrected chi connectivity index (χ1v) is 42.2. The maximum atomic E-state index is 12.6. The molecule has 0 aliphatic carbocycles. The Kier molecular flexibility index (Phi) is 28.7. The third-order valence-corrected chi connectivity index (χ3v) is 19.4. The van der Waals surface area contributed by atoms with Crippen molar-refractivity contribution in [3.63, 3.8) is 0 Å². The zero-order valence-corrected chi connectivity index (χ0v) is 74.2. The first-order chi connectivity index (χ1) is 61.0. The molecule has 2 N–H and O–H groups in total. The molecule has 16 aromatic rings. The number of carbonyl (C=O) groups excluding carboxylic acids is 1. The number of nitriles is 1. The molecular formula is C102H104N12O13. The van der Waals surface area contributed by atoms with Crippen molar-refractivity contribution in [3.05, 3.63) is 271 Å². The minimum absolute atomic E-state index is 0.0598. The molecule has 0 spiro atoms. The molecular weight excluding hydrogens is 1600 g/mol. The molecule has 0 aliphatic rings. The molecule has 0 radical (unpaired) electrons. The molecule has 0 aliphatic heterocycles. The standard InChI is InChI=1S/C26H27N3O4.C26H25N3O2.C25H25N3O4.C25H27N3O3/c1-16(2)32-20-10-6-18(7-11-20)22-15-25-24(14-23(22)26(30)31-5)27-28-29(25)19-8-12-21(13-9-19)33-17(3)4;1-17(2)30-22-9-5-19(6-10-22)24-16-29-25(15-28-26(29)13-21(24)14-27)20-7-11-23(12-8-20)31-18(3)4;1-15(2)31-19-9-5-17(6-10-19)21-14-24-23(13-22(21)25(29)30)26-27-28(24)18-7-11-20(12-8-18)32-16(3)4;1-16(2)30-21-9-5-18(6-10-21)23-14-25-24(13-19(23)15-29)26-27-28(25)20-7-11-22(12-8-20)31-17(3)4/h6-17H,1-5H3;5-13,15-18H,1-4H3;5-16H,1-4H3,(H,29,30);5-14,16-17,29H,15H2,1-4H3. The van der Waals surface area contributed by atoms with Crippen LogP contribution in [0.5, 0.6) is 46.0 Å². The molecule has 25 nitrogen and oxygen atoms in total. The summed E-state index contributed by atoms with van der Waals surface area (Å²) in [5, 5.41) is 55.1. The van der Waals surface area contributed by atoms with Gasteiger partial charge in [0, 0.05) is 17.3 Å². The van der Waals surface area contributed by atoms with Crippen molar-refractivity contribution in [2.24, 2.45) is 0 Å². The van der Waals surface area contributed by atoms with Gasteiger partial charge in [-0.25, -0.2) is 28.6 Å². The summed E-state index contributed by atoms with van der Waals surface area (Å²) >= 11 is 0. The lowest BCUT2D eigenvalue weighted by Gasteiger charge is -2.13. The summed E-state index contributed by atoms with van der Waals surface area (Å²) in [6.07, 6.45) is 4.61. The number of aromatic nitrogens is 11. The molecule has 0 bridgehead atoms. The highest BCUT2D eigenvalue weighted by molar-refractivity contribution is 6.03. The summed E-state index contributed by atoms with van der Waals surface area (Å²) in [7, 11) is 1.37. The third kappa shape index (κ3) is 22.4. The van der Waals surface area contributed by atoms with E-state index in [1.54, 1.807) is 26.2 Å². The highest BCUT2D eigenvalue weighted by Crippen LogP contribution is 2.38. The van der Waals surface area contributed by atoms with Gasteiger partial charge in [0.25, 0.3) is 0 Å². The van der Waals surface area contributed by atoms with Crippen molar-refractivity contribution in [3.8, 4) is 125 Å². The van der Waals surface area contributed by atoms with Crippen LogP contribution in [0.3, 0.4) is 0 Å². The number of aliphatic hydroxyl groups is 1. The first kappa shape index (κ1) is 89.8. The van der Waals surface area contributed by atoms with E-state index in [0.29, 0.717) is 33.2 Å². The van der Waals surface area contributed by atoms with E-state index < -0.39 is 11.9 Å². The van der Waals surface area contributed by atoms with Crippen molar-refractivity contribution in [2.75, 3.05) is 7.11 Å². The summed E-state index contributed by atoms with van der Waals surface area (Å²) < 4.78 is 58.1. The molecule has 0 fully saturated rings. The van der Waals surface area contributed by atoms with E-state index in [-0.39, 0.29) is 61.0 Å². The number of nitrogens with zero attached hydrogens (tertiary/aromatic N) is 12. The number of carboxylic acid groups (broad SMARTS) is 1. The molecule has 0 amide bonds. The number of carbonyl (C=O) groups is 2. The number of fused-ring (bicyclic) bond motifs is 4. The topological polar surface area (TPSA) is 291 Å². The van der Waals surface area contributed by atoms with Crippen molar-refractivity contribution < 1.29 is 62.4 Å². The second-order valence-electron chi connectivity index (χ2n) is 32.3. The van der Waals surface area contributed by atoms with E-state index >= 15 is 0 Å². The monoisotopic (exact) mass is 1700 g/mol. The number of rotatable bonds is 27. The van der Waals surface area contributed by atoms with Crippen LogP contribution in [0.4, 0.5) is 0 Å². The number of aromatic carboxylic acids is 1. The summed E-state index contributed by atoms with van der Waals surface area (Å²) in [6, 6.07) is 76.8. The largest absolute Gasteiger partial charge is 0.491 e.